The predicted octanol–water partition coefficient (Wildman–Crippen LogP) is 4.12. The van der Waals surface area contributed by atoms with Crippen LogP contribution in [0.15, 0.2) is 12.1 Å². The Kier molecular flexibility index (Phi) is 5.67. The van der Waals surface area contributed by atoms with Crippen molar-refractivity contribution in [1.29, 1.82) is 0 Å². The molecule has 1 saturated carbocycles. The maximum Gasteiger partial charge on any atom is 0.260 e. The van der Waals surface area contributed by atoms with Gasteiger partial charge in [0.1, 0.15) is 10.7 Å². The number of likely N-dealkylation sites (tertiary alicyclic amines) is 1. The van der Waals surface area contributed by atoms with Crippen LogP contribution < -0.4 is 5.32 Å². The molecule has 2 aromatic heterocycles. The van der Waals surface area contributed by atoms with Crippen LogP contribution in [0.25, 0.3) is 11.2 Å². The first-order valence-electron chi connectivity index (χ1n) is 8.86. The van der Waals surface area contributed by atoms with Gasteiger partial charge in [-0.15, -0.1) is 0 Å². The summed E-state index contributed by atoms with van der Waals surface area (Å²) < 4.78 is 29.0. The highest BCUT2D eigenvalue weighted by atomic mass is 35.5. The van der Waals surface area contributed by atoms with Gasteiger partial charge in [-0.3, -0.25) is 19.6 Å². The molecule has 2 aromatic rings. The van der Waals surface area contributed by atoms with E-state index >= 15 is 0 Å². The standard InChI is InChI=1S/C17H20ClF2N5O.CH4/c18-13-6-5-12-15(22-13)25(11-3-1-4-11)16(21-12)23-14(26)9-24-8-2-7-17(19,20)10-24;/h5-6,11H,1-4,7-10H2,(H,21,23,26);1H4. The molecular weight excluding hydrogens is 376 g/mol. The zero-order chi connectivity index (χ0) is 18.3. The topological polar surface area (TPSA) is 63.1 Å². The number of fused-ring (bicyclic) bond motifs is 1. The number of carbonyl (C=O) groups excluding carboxylic acids is 1. The molecule has 4 rings (SSSR count). The molecule has 1 N–H and O–H groups in total. The minimum Gasteiger partial charge on any atom is -0.295 e. The third kappa shape index (κ3) is 4.21. The molecule has 0 unspecified atom stereocenters. The third-order valence-corrected chi connectivity index (χ3v) is 5.24. The quantitative estimate of drug-likeness (QED) is 0.785. The number of nitrogens with zero attached hydrogens (tertiary/aromatic N) is 4. The molecule has 1 saturated heterocycles. The van der Waals surface area contributed by atoms with Crippen LogP contribution in [0.3, 0.4) is 0 Å². The van der Waals surface area contributed by atoms with Crippen molar-refractivity contribution in [2.75, 3.05) is 25.0 Å². The van der Waals surface area contributed by atoms with E-state index in [0.29, 0.717) is 35.2 Å². The van der Waals surface area contributed by atoms with Crippen molar-refractivity contribution in [2.45, 2.75) is 51.5 Å². The number of hydrogen-bond donors (Lipinski definition) is 1. The van der Waals surface area contributed by atoms with Gasteiger partial charge >= 0.3 is 0 Å². The van der Waals surface area contributed by atoms with Crippen LogP contribution in [0.5, 0.6) is 0 Å². The predicted molar refractivity (Wildman–Crippen MR) is 101 cm³/mol. The summed E-state index contributed by atoms with van der Waals surface area (Å²) in [6, 6.07) is 3.64. The molecule has 2 fully saturated rings. The molecule has 3 heterocycles. The van der Waals surface area contributed by atoms with Gasteiger partial charge in [-0.1, -0.05) is 19.0 Å². The fourth-order valence-corrected chi connectivity index (χ4v) is 3.72. The average molecular weight is 400 g/mol. The number of aromatic nitrogens is 3. The van der Waals surface area contributed by atoms with Crippen LogP contribution in [0.4, 0.5) is 14.7 Å². The van der Waals surface area contributed by atoms with Crippen molar-refractivity contribution in [3.8, 4) is 0 Å². The number of carbonyl (C=O) groups is 1. The number of pyridine rings is 1. The minimum absolute atomic E-state index is 0. The van der Waals surface area contributed by atoms with E-state index in [9.17, 15) is 13.6 Å². The highest BCUT2D eigenvalue weighted by Gasteiger charge is 2.36. The summed E-state index contributed by atoms with van der Waals surface area (Å²) in [5.74, 6) is -2.66. The number of piperidine rings is 1. The smallest absolute Gasteiger partial charge is 0.260 e. The molecule has 0 bridgehead atoms. The second kappa shape index (κ2) is 7.67. The molecule has 148 valence electrons. The van der Waals surface area contributed by atoms with Gasteiger partial charge in [0.25, 0.3) is 5.92 Å². The van der Waals surface area contributed by atoms with Crippen LogP contribution in [-0.2, 0) is 4.79 Å². The lowest BCUT2D eigenvalue weighted by atomic mass is 9.93. The number of imidazole rings is 1. The third-order valence-electron chi connectivity index (χ3n) is 5.03. The summed E-state index contributed by atoms with van der Waals surface area (Å²) in [5.41, 5.74) is 1.29. The molecule has 2 aliphatic rings. The first-order chi connectivity index (χ1) is 12.4. The molecule has 6 nitrogen and oxygen atoms in total. The number of anilines is 1. The SMILES string of the molecule is C.O=C(CN1CCCC(F)(F)C1)Nc1nc2ccc(Cl)nc2n1C1CCC1. The fourth-order valence-electron chi connectivity index (χ4n) is 3.58. The summed E-state index contributed by atoms with van der Waals surface area (Å²) in [4.78, 5) is 22.7. The Morgan fingerprint density at radius 3 is 2.74 bits per heavy atom. The van der Waals surface area contributed by atoms with E-state index in [0.717, 1.165) is 19.3 Å². The van der Waals surface area contributed by atoms with Crippen LogP contribution in [-0.4, -0.2) is 50.9 Å². The number of nitrogens with one attached hydrogen (secondary N) is 1. The Labute approximate surface area is 161 Å². The molecule has 27 heavy (non-hydrogen) atoms. The Morgan fingerprint density at radius 2 is 2.07 bits per heavy atom. The minimum atomic E-state index is -2.72. The summed E-state index contributed by atoms with van der Waals surface area (Å²) >= 11 is 6.01. The summed E-state index contributed by atoms with van der Waals surface area (Å²) in [6.45, 7) is 0.0491. The normalized spacial score (nSPS) is 20.1. The van der Waals surface area contributed by atoms with Gasteiger partial charge in [-0.25, -0.2) is 18.7 Å². The number of hydrogen-bond acceptors (Lipinski definition) is 4. The molecule has 0 atom stereocenters. The maximum atomic E-state index is 13.5. The second-order valence-electron chi connectivity index (χ2n) is 7.09. The molecule has 1 amide bonds. The average Bonchev–Trinajstić information content (AvgIpc) is 2.82. The Morgan fingerprint density at radius 1 is 1.30 bits per heavy atom. The van der Waals surface area contributed by atoms with Gasteiger partial charge in [-0.05, 0) is 44.4 Å². The van der Waals surface area contributed by atoms with Gasteiger partial charge < -0.3 is 0 Å². The van der Waals surface area contributed by atoms with E-state index in [1.54, 1.807) is 12.1 Å². The first kappa shape index (κ1) is 19.9. The van der Waals surface area contributed by atoms with Crippen LogP contribution >= 0.6 is 11.6 Å². The van der Waals surface area contributed by atoms with Crippen molar-refractivity contribution in [3.63, 3.8) is 0 Å². The summed E-state index contributed by atoms with van der Waals surface area (Å²) in [6.07, 6.45) is 3.36. The van der Waals surface area contributed by atoms with Crippen molar-refractivity contribution in [1.82, 2.24) is 19.4 Å². The molecule has 1 aliphatic heterocycles. The molecule has 1 aliphatic carbocycles. The number of rotatable bonds is 4. The van der Waals surface area contributed by atoms with Gasteiger partial charge in [0, 0.05) is 12.5 Å². The zero-order valence-electron chi connectivity index (χ0n) is 14.2. The van der Waals surface area contributed by atoms with Crippen LogP contribution in [0, 0.1) is 0 Å². The highest BCUT2D eigenvalue weighted by Crippen LogP contribution is 2.37. The van der Waals surface area contributed by atoms with Crippen molar-refractivity contribution < 1.29 is 13.6 Å². The van der Waals surface area contributed by atoms with Gasteiger partial charge in [0.15, 0.2) is 5.65 Å². The van der Waals surface area contributed by atoms with Gasteiger partial charge in [0.2, 0.25) is 11.9 Å². The van der Waals surface area contributed by atoms with E-state index in [2.05, 4.69) is 15.3 Å². The van der Waals surface area contributed by atoms with E-state index < -0.39 is 5.92 Å². The van der Waals surface area contributed by atoms with Crippen molar-refractivity contribution >= 4 is 34.6 Å². The molecule has 0 aromatic carbocycles. The fraction of sp³-hybridized carbons (Fsp3) is 0.611. The Balaban J connectivity index is 0.00000210. The van der Waals surface area contributed by atoms with E-state index in [1.807, 2.05) is 4.57 Å². The zero-order valence-corrected chi connectivity index (χ0v) is 15.0. The Hall–Kier alpha value is -1.80. The molecule has 0 radical (unpaired) electrons. The molecular formula is C18H24ClF2N5O. The van der Waals surface area contributed by atoms with Gasteiger partial charge in [-0.2, -0.15) is 0 Å². The lowest BCUT2D eigenvalue weighted by Crippen LogP contribution is -2.45. The summed E-state index contributed by atoms with van der Waals surface area (Å²) in [7, 11) is 0. The number of amides is 1. The Bertz CT molecular complexity index is 837. The first-order valence-corrected chi connectivity index (χ1v) is 9.24. The maximum absolute atomic E-state index is 13.5. The monoisotopic (exact) mass is 399 g/mol. The van der Waals surface area contributed by atoms with Crippen molar-refractivity contribution in [2.24, 2.45) is 0 Å². The van der Waals surface area contributed by atoms with E-state index in [-0.39, 0.29) is 38.9 Å². The second-order valence-corrected chi connectivity index (χ2v) is 7.47. The molecule has 9 heteroatoms. The van der Waals surface area contributed by atoms with E-state index in [1.165, 1.54) is 4.90 Å². The van der Waals surface area contributed by atoms with Crippen LogP contribution in [0.2, 0.25) is 5.15 Å². The molecule has 0 spiro atoms. The van der Waals surface area contributed by atoms with Gasteiger partial charge in [0.05, 0.1) is 13.1 Å². The number of alkyl halides is 2. The lowest BCUT2D eigenvalue weighted by Gasteiger charge is -2.32. The van der Waals surface area contributed by atoms with E-state index in [4.69, 9.17) is 11.6 Å². The van der Waals surface area contributed by atoms with Crippen LogP contribution in [0.1, 0.15) is 45.6 Å². The summed E-state index contributed by atoms with van der Waals surface area (Å²) in [5, 5.41) is 3.15. The largest absolute Gasteiger partial charge is 0.295 e. The van der Waals surface area contributed by atoms with Crippen molar-refractivity contribution in [3.05, 3.63) is 17.3 Å². The highest BCUT2D eigenvalue weighted by molar-refractivity contribution is 6.29. The lowest BCUT2D eigenvalue weighted by molar-refractivity contribution is -0.120. The number of halogens is 3.